The fourth-order valence-electron chi connectivity index (χ4n) is 3.14. The Morgan fingerprint density at radius 1 is 1.31 bits per heavy atom. The van der Waals surface area contributed by atoms with Crippen molar-refractivity contribution in [3.63, 3.8) is 0 Å². The van der Waals surface area contributed by atoms with Crippen LogP contribution < -0.4 is 9.64 Å². The second kappa shape index (κ2) is 8.62. The van der Waals surface area contributed by atoms with Crippen LogP contribution in [0.3, 0.4) is 0 Å². The number of carboxylic acid groups (broad SMARTS) is 1. The minimum atomic E-state index is -4.46. The predicted octanol–water partition coefficient (Wildman–Crippen LogP) is 3.45. The maximum atomic E-state index is 12.6. The maximum absolute atomic E-state index is 12.6. The summed E-state index contributed by atoms with van der Waals surface area (Å²) in [7, 11) is 0. The molecule has 7 nitrogen and oxygen atoms in total. The first-order valence-electron chi connectivity index (χ1n) is 9.28. The second-order valence-electron chi connectivity index (χ2n) is 6.87. The number of carboxylic acids is 1. The fourth-order valence-corrected chi connectivity index (χ4v) is 3.14. The largest absolute Gasteiger partial charge is 0.477 e. The molecule has 1 fully saturated rings. The van der Waals surface area contributed by atoms with E-state index < -0.39 is 17.8 Å². The molecule has 1 aliphatic rings. The standard InChI is InChI=1S/C19H21F3N4O3/c1-2-3-16-24-9-14(18(27)28)17(25-16)29-11-12-6-7-26(10-12)13-4-5-15(23-8-13)19(20,21)22/h4-5,8-9,12H,2-3,6-7,10-11H2,1H3,(H,27,28). The van der Waals surface area contributed by atoms with Crippen LogP contribution >= 0.6 is 0 Å². The number of anilines is 1. The van der Waals surface area contributed by atoms with Crippen LogP contribution in [0.5, 0.6) is 5.88 Å². The van der Waals surface area contributed by atoms with Crippen molar-refractivity contribution in [1.82, 2.24) is 15.0 Å². The number of alkyl halides is 3. The molecule has 0 aliphatic carbocycles. The Hall–Kier alpha value is -2.91. The minimum absolute atomic E-state index is 0.0468. The Balaban J connectivity index is 1.62. The molecular formula is C19H21F3N4O3. The van der Waals surface area contributed by atoms with Gasteiger partial charge in [-0.3, -0.25) is 0 Å². The Bertz CT molecular complexity index is 859. The highest BCUT2D eigenvalue weighted by Crippen LogP contribution is 2.30. The minimum Gasteiger partial charge on any atom is -0.477 e. The third-order valence-electron chi connectivity index (χ3n) is 4.65. The molecule has 0 bridgehead atoms. The molecule has 1 atom stereocenters. The number of halogens is 3. The van der Waals surface area contributed by atoms with Gasteiger partial charge in [0.25, 0.3) is 0 Å². The lowest BCUT2D eigenvalue weighted by atomic mass is 10.1. The van der Waals surface area contributed by atoms with E-state index in [1.54, 1.807) is 0 Å². The zero-order valence-corrected chi connectivity index (χ0v) is 15.8. The quantitative estimate of drug-likeness (QED) is 0.748. The summed E-state index contributed by atoms with van der Waals surface area (Å²) in [5.74, 6) is -0.502. The molecule has 2 aromatic rings. The molecule has 0 amide bonds. The van der Waals surface area contributed by atoms with Gasteiger partial charge in [0.05, 0.1) is 18.5 Å². The lowest BCUT2D eigenvalue weighted by Gasteiger charge is -2.19. The summed E-state index contributed by atoms with van der Waals surface area (Å²) in [4.78, 5) is 25.0. The van der Waals surface area contributed by atoms with Crippen LogP contribution in [0.15, 0.2) is 24.5 Å². The Morgan fingerprint density at radius 2 is 2.10 bits per heavy atom. The van der Waals surface area contributed by atoms with Gasteiger partial charge in [-0.15, -0.1) is 0 Å². The van der Waals surface area contributed by atoms with Gasteiger partial charge in [0.1, 0.15) is 17.1 Å². The zero-order chi connectivity index (χ0) is 21.0. The van der Waals surface area contributed by atoms with Crippen LogP contribution in [-0.4, -0.2) is 45.7 Å². The lowest BCUT2D eigenvalue weighted by molar-refractivity contribution is -0.141. The van der Waals surface area contributed by atoms with Gasteiger partial charge >= 0.3 is 12.1 Å². The molecule has 3 rings (SSSR count). The van der Waals surface area contributed by atoms with Gasteiger partial charge in [0.2, 0.25) is 5.88 Å². The second-order valence-corrected chi connectivity index (χ2v) is 6.87. The van der Waals surface area contributed by atoms with Crippen LogP contribution in [0.2, 0.25) is 0 Å². The molecule has 2 aromatic heterocycles. The maximum Gasteiger partial charge on any atom is 0.433 e. The molecule has 1 aliphatic heterocycles. The highest BCUT2D eigenvalue weighted by Gasteiger charge is 2.32. The van der Waals surface area contributed by atoms with Crippen molar-refractivity contribution in [3.05, 3.63) is 41.6 Å². The van der Waals surface area contributed by atoms with Gasteiger partial charge in [-0.05, 0) is 25.0 Å². The van der Waals surface area contributed by atoms with E-state index in [9.17, 15) is 23.1 Å². The molecular weight excluding hydrogens is 389 g/mol. The number of carbonyl (C=O) groups is 1. The Labute approximate surface area is 165 Å². The fraction of sp³-hybridized carbons (Fsp3) is 0.474. The van der Waals surface area contributed by atoms with Crippen molar-refractivity contribution in [1.29, 1.82) is 0 Å². The lowest BCUT2D eigenvalue weighted by Crippen LogP contribution is -2.23. The van der Waals surface area contributed by atoms with E-state index in [4.69, 9.17) is 4.74 Å². The van der Waals surface area contributed by atoms with E-state index in [0.29, 0.717) is 31.0 Å². The van der Waals surface area contributed by atoms with Crippen LogP contribution in [-0.2, 0) is 12.6 Å². The number of aromatic carboxylic acids is 1. The molecule has 0 spiro atoms. The van der Waals surface area contributed by atoms with Gasteiger partial charge in [0, 0.05) is 31.6 Å². The third kappa shape index (κ3) is 5.12. The van der Waals surface area contributed by atoms with E-state index in [1.807, 2.05) is 11.8 Å². The average Bonchev–Trinajstić information content (AvgIpc) is 3.15. The number of rotatable bonds is 7. The number of pyridine rings is 1. The van der Waals surface area contributed by atoms with Crippen molar-refractivity contribution in [2.45, 2.75) is 32.4 Å². The number of aryl methyl sites for hydroxylation is 1. The molecule has 3 heterocycles. The smallest absolute Gasteiger partial charge is 0.433 e. The third-order valence-corrected chi connectivity index (χ3v) is 4.65. The van der Waals surface area contributed by atoms with Gasteiger partial charge < -0.3 is 14.7 Å². The van der Waals surface area contributed by atoms with Crippen LogP contribution in [0.1, 0.15) is 41.6 Å². The summed E-state index contributed by atoms with van der Waals surface area (Å²) in [6.45, 7) is 3.45. The van der Waals surface area contributed by atoms with E-state index in [-0.39, 0.29) is 24.0 Å². The number of aromatic nitrogens is 3. The summed E-state index contributed by atoms with van der Waals surface area (Å²) >= 11 is 0. The molecule has 29 heavy (non-hydrogen) atoms. The summed E-state index contributed by atoms with van der Waals surface area (Å²) in [6.07, 6.45) is 0.214. The van der Waals surface area contributed by atoms with Crippen LogP contribution in [0.4, 0.5) is 18.9 Å². The monoisotopic (exact) mass is 410 g/mol. The van der Waals surface area contributed by atoms with Gasteiger partial charge in [-0.1, -0.05) is 6.92 Å². The van der Waals surface area contributed by atoms with Crippen molar-refractivity contribution in [2.75, 3.05) is 24.6 Å². The topological polar surface area (TPSA) is 88.4 Å². The van der Waals surface area contributed by atoms with Crippen molar-refractivity contribution >= 4 is 11.7 Å². The number of nitrogens with zero attached hydrogens (tertiary/aromatic N) is 4. The number of ether oxygens (including phenoxy) is 1. The predicted molar refractivity (Wildman–Crippen MR) is 98.0 cm³/mol. The van der Waals surface area contributed by atoms with E-state index >= 15 is 0 Å². The summed E-state index contributed by atoms with van der Waals surface area (Å²) in [5, 5.41) is 9.29. The van der Waals surface area contributed by atoms with Gasteiger partial charge in [-0.25, -0.2) is 14.8 Å². The Morgan fingerprint density at radius 3 is 2.72 bits per heavy atom. The first kappa shape index (κ1) is 20.8. The van der Waals surface area contributed by atoms with Crippen LogP contribution in [0.25, 0.3) is 0 Å². The normalized spacial score (nSPS) is 16.8. The highest BCUT2D eigenvalue weighted by atomic mass is 19.4. The van der Waals surface area contributed by atoms with E-state index in [1.165, 1.54) is 18.5 Å². The molecule has 1 N–H and O–H groups in total. The molecule has 10 heteroatoms. The number of hydrogen-bond donors (Lipinski definition) is 1. The van der Waals surface area contributed by atoms with Crippen molar-refractivity contribution in [3.8, 4) is 5.88 Å². The van der Waals surface area contributed by atoms with Gasteiger partial charge in [0.15, 0.2) is 0 Å². The SMILES string of the molecule is CCCc1ncc(C(=O)O)c(OCC2CCN(c3ccc(C(F)(F)F)nc3)C2)n1. The zero-order valence-electron chi connectivity index (χ0n) is 15.8. The van der Waals surface area contributed by atoms with Gasteiger partial charge in [-0.2, -0.15) is 18.2 Å². The van der Waals surface area contributed by atoms with Crippen molar-refractivity contribution in [2.24, 2.45) is 5.92 Å². The van der Waals surface area contributed by atoms with E-state index in [2.05, 4.69) is 15.0 Å². The molecule has 1 unspecified atom stereocenters. The molecule has 156 valence electrons. The molecule has 0 saturated carbocycles. The summed E-state index contributed by atoms with van der Waals surface area (Å²) in [5.41, 5.74) is -0.404. The average molecular weight is 410 g/mol. The van der Waals surface area contributed by atoms with Crippen molar-refractivity contribution < 1.29 is 27.8 Å². The molecule has 1 saturated heterocycles. The first-order chi connectivity index (χ1) is 13.8. The summed E-state index contributed by atoms with van der Waals surface area (Å²) < 4.78 is 43.6. The van der Waals surface area contributed by atoms with Crippen LogP contribution in [0, 0.1) is 5.92 Å². The van der Waals surface area contributed by atoms with E-state index in [0.717, 1.165) is 18.9 Å². The first-order valence-corrected chi connectivity index (χ1v) is 9.28. The number of hydrogen-bond acceptors (Lipinski definition) is 6. The molecule has 0 aromatic carbocycles. The summed E-state index contributed by atoms with van der Waals surface area (Å²) in [6, 6.07) is 2.37. The Kier molecular flexibility index (Phi) is 6.19. The highest BCUT2D eigenvalue weighted by molar-refractivity contribution is 5.89. The molecule has 0 radical (unpaired) electrons.